The molecule has 0 bridgehead atoms. The van der Waals surface area contributed by atoms with Crippen molar-refractivity contribution in [3.63, 3.8) is 0 Å². The number of hydrogen-bond acceptors (Lipinski definition) is 4. The summed E-state index contributed by atoms with van der Waals surface area (Å²) in [5.41, 5.74) is -0.359. The molecule has 0 aliphatic carbocycles. The molecule has 6 heteroatoms. The number of ketones is 1. The van der Waals surface area contributed by atoms with Crippen molar-refractivity contribution >= 4 is 17.7 Å². The minimum Gasteiger partial charge on any atom is -0.494 e. The number of benzene rings is 1. The Morgan fingerprint density at radius 1 is 1.17 bits per heavy atom. The van der Waals surface area contributed by atoms with Gasteiger partial charge in [-0.05, 0) is 51.5 Å². The summed E-state index contributed by atoms with van der Waals surface area (Å²) in [5.74, 6) is -0.509. The highest BCUT2D eigenvalue weighted by atomic mass is 16.5. The summed E-state index contributed by atoms with van der Waals surface area (Å²) in [6, 6.07) is 6.81. The van der Waals surface area contributed by atoms with E-state index in [0.717, 1.165) is 0 Å². The Balaban J connectivity index is 2.25. The molecule has 0 radical (unpaired) electrons. The molecule has 23 heavy (non-hydrogen) atoms. The molecule has 0 saturated heterocycles. The van der Waals surface area contributed by atoms with Crippen LogP contribution in [0.3, 0.4) is 0 Å². The van der Waals surface area contributed by atoms with Crippen molar-refractivity contribution < 1.29 is 24.2 Å². The van der Waals surface area contributed by atoms with Crippen LogP contribution in [0.25, 0.3) is 0 Å². The molecule has 1 aromatic rings. The van der Waals surface area contributed by atoms with Gasteiger partial charge in [0.25, 0.3) is 0 Å². The Hall–Kier alpha value is -2.37. The van der Waals surface area contributed by atoms with Crippen LogP contribution in [0.2, 0.25) is 0 Å². The predicted molar refractivity (Wildman–Crippen MR) is 85.6 cm³/mol. The smallest absolute Gasteiger partial charge is 0.310 e. The van der Waals surface area contributed by atoms with Gasteiger partial charge in [-0.2, -0.15) is 0 Å². The third-order valence-electron chi connectivity index (χ3n) is 3.38. The van der Waals surface area contributed by atoms with Crippen LogP contribution < -0.4 is 10.1 Å². The molecule has 6 nitrogen and oxygen atoms in total. The highest BCUT2D eigenvalue weighted by Gasteiger charge is 2.27. The summed E-state index contributed by atoms with van der Waals surface area (Å²) in [6.07, 6.45) is 0.787. The average Bonchev–Trinajstić information content (AvgIpc) is 2.50. The molecule has 0 unspecified atom stereocenters. The average molecular weight is 321 g/mol. The molecule has 2 N–H and O–H groups in total. The maximum Gasteiger partial charge on any atom is 0.310 e. The van der Waals surface area contributed by atoms with E-state index in [1.54, 1.807) is 38.1 Å². The standard InChI is InChI=1S/C17H23NO5/c1-12(19)13-6-8-14(9-7-13)23-10-4-5-15(20)18-11-17(2,3)16(21)22/h6-9H,4-5,10-11H2,1-3H3,(H,18,20)(H,21,22). The first-order chi connectivity index (χ1) is 10.7. The van der Waals surface area contributed by atoms with Crippen LogP contribution in [-0.2, 0) is 9.59 Å². The van der Waals surface area contributed by atoms with Gasteiger partial charge in [-0.25, -0.2) is 0 Å². The van der Waals surface area contributed by atoms with Gasteiger partial charge in [0.15, 0.2) is 5.78 Å². The molecule has 126 valence electrons. The van der Waals surface area contributed by atoms with E-state index in [9.17, 15) is 14.4 Å². The Labute approximate surface area is 135 Å². The number of carbonyl (C=O) groups excluding carboxylic acids is 2. The second-order valence-electron chi connectivity index (χ2n) is 6.00. The number of carboxylic acids is 1. The summed E-state index contributed by atoms with van der Waals surface area (Å²) in [7, 11) is 0. The number of hydrogen-bond donors (Lipinski definition) is 2. The fourth-order valence-corrected chi connectivity index (χ4v) is 1.69. The first kappa shape index (κ1) is 18.7. The number of amides is 1. The molecular weight excluding hydrogens is 298 g/mol. The molecule has 1 rings (SSSR count). The first-order valence-electron chi connectivity index (χ1n) is 7.46. The van der Waals surface area contributed by atoms with E-state index >= 15 is 0 Å². The summed E-state index contributed by atoms with van der Waals surface area (Å²) >= 11 is 0. The molecule has 0 spiro atoms. The van der Waals surface area contributed by atoms with Crippen molar-refractivity contribution in [3.8, 4) is 5.75 Å². The van der Waals surface area contributed by atoms with E-state index < -0.39 is 11.4 Å². The summed E-state index contributed by atoms with van der Waals surface area (Å²) < 4.78 is 5.49. The third-order valence-corrected chi connectivity index (χ3v) is 3.38. The van der Waals surface area contributed by atoms with Crippen molar-refractivity contribution in [1.82, 2.24) is 5.32 Å². The predicted octanol–water partition coefficient (Wildman–Crippen LogP) is 2.28. The van der Waals surface area contributed by atoms with Gasteiger partial charge >= 0.3 is 5.97 Å². The summed E-state index contributed by atoms with van der Waals surface area (Å²) in [5, 5.41) is 11.6. The van der Waals surface area contributed by atoms with E-state index in [-0.39, 0.29) is 24.7 Å². The zero-order valence-electron chi connectivity index (χ0n) is 13.7. The van der Waals surface area contributed by atoms with Crippen LogP contribution >= 0.6 is 0 Å². The van der Waals surface area contributed by atoms with Crippen molar-refractivity contribution in [1.29, 1.82) is 0 Å². The zero-order valence-corrected chi connectivity index (χ0v) is 13.7. The Morgan fingerprint density at radius 3 is 2.30 bits per heavy atom. The molecule has 0 fully saturated rings. The molecule has 1 amide bonds. The highest BCUT2D eigenvalue weighted by molar-refractivity contribution is 5.94. The van der Waals surface area contributed by atoms with E-state index in [1.165, 1.54) is 6.92 Å². The SMILES string of the molecule is CC(=O)c1ccc(OCCCC(=O)NCC(C)(C)C(=O)O)cc1. The van der Waals surface area contributed by atoms with Gasteiger partial charge in [0.05, 0.1) is 12.0 Å². The van der Waals surface area contributed by atoms with Gasteiger partial charge < -0.3 is 15.2 Å². The molecule has 0 aliphatic rings. The second kappa shape index (κ2) is 8.31. The van der Waals surface area contributed by atoms with Crippen molar-refractivity contribution in [2.24, 2.45) is 5.41 Å². The lowest BCUT2D eigenvalue weighted by Crippen LogP contribution is -2.38. The first-order valence-corrected chi connectivity index (χ1v) is 7.46. The van der Waals surface area contributed by atoms with E-state index in [2.05, 4.69) is 5.32 Å². The van der Waals surface area contributed by atoms with Crippen molar-refractivity contribution in [2.75, 3.05) is 13.2 Å². The zero-order chi connectivity index (χ0) is 17.5. The van der Waals surface area contributed by atoms with E-state index in [4.69, 9.17) is 9.84 Å². The lowest BCUT2D eigenvalue weighted by atomic mass is 9.94. The molecular formula is C17H23NO5. The molecule has 0 heterocycles. The number of rotatable bonds is 9. The molecule has 0 aromatic heterocycles. The van der Waals surface area contributed by atoms with Crippen LogP contribution in [-0.4, -0.2) is 35.9 Å². The minimum atomic E-state index is -0.982. The maximum absolute atomic E-state index is 11.6. The normalized spacial score (nSPS) is 10.9. The lowest BCUT2D eigenvalue weighted by Gasteiger charge is -2.19. The second-order valence-corrected chi connectivity index (χ2v) is 6.00. The topological polar surface area (TPSA) is 92.7 Å². The van der Waals surface area contributed by atoms with Crippen LogP contribution in [0.4, 0.5) is 0 Å². The van der Waals surface area contributed by atoms with Gasteiger partial charge in [-0.1, -0.05) is 0 Å². The number of ether oxygens (including phenoxy) is 1. The number of nitrogens with one attached hydrogen (secondary N) is 1. The largest absolute Gasteiger partial charge is 0.494 e. The molecule has 0 atom stereocenters. The van der Waals surface area contributed by atoms with Gasteiger partial charge in [-0.15, -0.1) is 0 Å². The van der Waals surface area contributed by atoms with Crippen LogP contribution in [0.1, 0.15) is 44.0 Å². The molecule has 1 aromatic carbocycles. The highest BCUT2D eigenvalue weighted by Crippen LogP contribution is 2.14. The van der Waals surface area contributed by atoms with Crippen LogP contribution in [0.15, 0.2) is 24.3 Å². The van der Waals surface area contributed by atoms with Crippen LogP contribution in [0.5, 0.6) is 5.75 Å². The minimum absolute atomic E-state index is 0.00231. The summed E-state index contributed by atoms with van der Waals surface area (Å²) in [6.45, 7) is 5.08. The van der Waals surface area contributed by atoms with Gasteiger partial charge in [-0.3, -0.25) is 14.4 Å². The van der Waals surface area contributed by atoms with Crippen LogP contribution in [0, 0.1) is 5.41 Å². The van der Waals surface area contributed by atoms with Gasteiger partial charge in [0.2, 0.25) is 5.91 Å². The number of carbonyl (C=O) groups is 3. The number of carboxylic acid groups (broad SMARTS) is 1. The fourth-order valence-electron chi connectivity index (χ4n) is 1.69. The van der Waals surface area contributed by atoms with E-state index in [1.807, 2.05) is 0 Å². The Morgan fingerprint density at radius 2 is 1.78 bits per heavy atom. The monoisotopic (exact) mass is 321 g/mol. The van der Waals surface area contributed by atoms with Gasteiger partial charge in [0, 0.05) is 18.5 Å². The van der Waals surface area contributed by atoms with Gasteiger partial charge in [0.1, 0.15) is 5.75 Å². The van der Waals surface area contributed by atoms with Crippen molar-refractivity contribution in [2.45, 2.75) is 33.6 Å². The molecule has 0 saturated carbocycles. The quantitative estimate of drug-likeness (QED) is 0.537. The third kappa shape index (κ3) is 6.50. The molecule has 0 aliphatic heterocycles. The maximum atomic E-state index is 11.6. The lowest BCUT2D eigenvalue weighted by molar-refractivity contribution is -0.146. The Bertz CT molecular complexity index is 563. The number of aliphatic carboxylic acids is 1. The van der Waals surface area contributed by atoms with Crippen molar-refractivity contribution in [3.05, 3.63) is 29.8 Å². The van der Waals surface area contributed by atoms with E-state index in [0.29, 0.717) is 24.3 Å². The summed E-state index contributed by atoms with van der Waals surface area (Å²) in [4.78, 5) is 33.7. The number of Topliss-reactive ketones (excluding diaryl/α,β-unsaturated/α-hetero) is 1. The fraction of sp³-hybridized carbons (Fsp3) is 0.471. The Kier molecular flexibility index (Phi) is 6.75.